The van der Waals surface area contributed by atoms with Crippen LogP contribution in [0.15, 0.2) is 23.4 Å². The van der Waals surface area contributed by atoms with Crippen LogP contribution in [0.1, 0.15) is 33.6 Å². The quantitative estimate of drug-likeness (QED) is 0.724. The van der Waals surface area contributed by atoms with Crippen LogP contribution in [0.2, 0.25) is 5.02 Å². The van der Waals surface area contributed by atoms with E-state index in [4.69, 9.17) is 11.6 Å². The predicted octanol–water partition coefficient (Wildman–Crippen LogP) is 4.24. The summed E-state index contributed by atoms with van der Waals surface area (Å²) >= 11 is 7.63. The number of hydrogen-bond donors (Lipinski definition) is 1. The molecule has 1 N–H and O–H groups in total. The van der Waals surface area contributed by atoms with Crippen LogP contribution in [0.25, 0.3) is 0 Å². The Labute approximate surface area is 120 Å². The van der Waals surface area contributed by atoms with Gasteiger partial charge in [0.1, 0.15) is 0 Å². The highest BCUT2D eigenvalue weighted by atomic mass is 35.5. The van der Waals surface area contributed by atoms with Gasteiger partial charge in [-0.25, -0.2) is 4.98 Å². The zero-order valence-corrected chi connectivity index (χ0v) is 13.0. The second kappa shape index (κ2) is 8.78. The summed E-state index contributed by atoms with van der Waals surface area (Å²) in [5.41, 5.74) is 0. The summed E-state index contributed by atoms with van der Waals surface area (Å²) in [4.78, 5) is 4.32. The van der Waals surface area contributed by atoms with Gasteiger partial charge in [-0.05, 0) is 31.0 Å². The maximum Gasteiger partial charge on any atom is 0.0961 e. The fourth-order valence-corrected chi connectivity index (χ4v) is 2.86. The zero-order chi connectivity index (χ0) is 13.4. The van der Waals surface area contributed by atoms with Crippen LogP contribution in [0.4, 0.5) is 0 Å². The molecule has 0 aliphatic heterocycles. The Morgan fingerprint density at radius 1 is 1.39 bits per heavy atom. The van der Waals surface area contributed by atoms with Gasteiger partial charge in [0.25, 0.3) is 0 Å². The van der Waals surface area contributed by atoms with Gasteiger partial charge >= 0.3 is 0 Å². The summed E-state index contributed by atoms with van der Waals surface area (Å²) in [5, 5.41) is 5.37. The third-order valence-electron chi connectivity index (χ3n) is 3.10. The van der Waals surface area contributed by atoms with E-state index in [0.29, 0.717) is 17.0 Å². The predicted molar refractivity (Wildman–Crippen MR) is 81.5 cm³/mol. The molecule has 1 rings (SSSR count). The first-order valence-electron chi connectivity index (χ1n) is 6.65. The topological polar surface area (TPSA) is 24.9 Å². The average Bonchev–Trinajstić information content (AvgIpc) is 2.40. The minimum atomic E-state index is 0.553. The van der Waals surface area contributed by atoms with Gasteiger partial charge in [0.2, 0.25) is 0 Å². The Balaban J connectivity index is 2.47. The third kappa shape index (κ3) is 5.59. The van der Waals surface area contributed by atoms with Crippen molar-refractivity contribution in [3.05, 3.63) is 23.4 Å². The molecule has 18 heavy (non-hydrogen) atoms. The molecule has 2 nitrogen and oxygen atoms in total. The molecule has 0 saturated carbocycles. The third-order valence-corrected chi connectivity index (χ3v) is 4.39. The first-order chi connectivity index (χ1) is 8.67. The van der Waals surface area contributed by atoms with E-state index in [1.807, 2.05) is 12.1 Å². The molecule has 0 aromatic carbocycles. The Hall–Kier alpha value is -0.250. The van der Waals surface area contributed by atoms with Gasteiger partial charge in [-0.3, -0.25) is 0 Å². The second-order valence-corrected chi connectivity index (χ2v) is 6.05. The normalized spacial score (nSPS) is 14.4. The molecule has 1 heterocycles. The molecule has 0 radical (unpaired) electrons. The number of hydrogen-bond acceptors (Lipinski definition) is 3. The number of nitrogens with zero attached hydrogens (tertiary/aromatic N) is 1. The van der Waals surface area contributed by atoms with Crippen molar-refractivity contribution in [1.29, 1.82) is 0 Å². The molecule has 0 spiro atoms. The summed E-state index contributed by atoms with van der Waals surface area (Å²) in [6.07, 6.45) is 4.09. The molecule has 0 saturated heterocycles. The second-order valence-electron chi connectivity index (χ2n) is 4.57. The van der Waals surface area contributed by atoms with Gasteiger partial charge in [0.05, 0.1) is 10.0 Å². The Kier molecular flexibility index (Phi) is 7.71. The van der Waals surface area contributed by atoms with Crippen LogP contribution in [0.3, 0.4) is 0 Å². The lowest BCUT2D eigenvalue weighted by Crippen LogP contribution is -2.37. The molecule has 2 unspecified atom stereocenters. The highest BCUT2D eigenvalue weighted by Crippen LogP contribution is 2.21. The maximum atomic E-state index is 5.83. The molecular formula is C14H23ClN2S. The summed E-state index contributed by atoms with van der Waals surface area (Å²) < 4.78 is 0. The fraction of sp³-hybridized carbons (Fsp3) is 0.643. The van der Waals surface area contributed by atoms with Crippen molar-refractivity contribution in [2.45, 2.75) is 44.7 Å². The minimum absolute atomic E-state index is 0.553. The van der Waals surface area contributed by atoms with Crippen molar-refractivity contribution in [2.24, 2.45) is 5.92 Å². The van der Waals surface area contributed by atoms with Crippen molar-refractivity contribution in [1.82, 2.24) is 10.3 Å². The van der Waals surface area contributed by atoms with Crippen molar-refractivity contribution >= 4 is 23.4 Å². The van der Waals surface area contributed by atoms with E-state index in [0.717, 1.165) is 17.3 Å². The van der Waals surface area contributed by atoms with Gasteiger partial charge in [-0.2, -0.15) is 0 Å². The average molecular weight is 287 g/mol. The molecule has 102 valence electrons. The molecule has 0 bridgehead atoms. The number of nitrogens with one attached hydrogen (secondary N) is 1. The van der Waals surface area contributed by atoms with Gasteiger partial charge < -0.3 is 5.32 Å². The summed E-state index contributed by atoms with van der Waals surface area (Å²) in [7, 11) is 0. The first-order valence-corrected chi connectivity index (χ1v) is 8.01. The zero-order valence-electron chi connectivity index (χ0n) is 11.4. The molecular weight excluding hydrogens is 264 g/mol. The monoisotopic (exact) mass is 286 g/mol. The molecule has 0 aliphatic carbocycles. The van der Waals surface area contributed by atoms with E-state index >= 15 is 0 Å². The lowest BCUT2D eigenvalue weighted by atomic mass is 10.0. The smallest absolute Gasteiger partial charge is 0.0961 e. The van der Waals surface area contributed by atoms with Gasteiger partial charge in [-0.15, -0.1) is 11.8 Å². The van der Waals surface area contributed by atoms with E-state index in [1.54, 1.807) is 18.0 Å². The standard InChI is InChI=1S/C14H23ClN2S/c1-4-8-16-13(11(3)5-2)10-18-14-7-6-12(15)9-17-14/h6-7,9,11,13,16H,4-5,8,10H2,1-3H3. The number of thioether (sulfide) groups is 1. The van der Waals surface area contributed by atoms with Crippen molar-refractivity contribution in [3.63, 3.8) is 0 Å². The Morgan fingerprint density at radius 2 is 2.17 bits per heavy atom. The van der Waals surface area contributed by atoms with Crippen molar-refractivity contribution in [3.8, 4) is 0 Å². The molecule has 0 amide bonds. The van der Waals surface area contributed by atoms with E-state index in [-0.39, 0.29) is 0 Å². The highest BCUT2D eigenvalue weighted by molar-refractivity contribution is 7.99. The van der Waals surface area contributed by atoms with Crippen LogP contribution in [0, 0.1) is 5.92 Å². The number of rotatable bonds is 8. The molecule has 4 heteroatoms. The summed E-state index contributed by atoms with van der Waals surface area (Å²) in [5.74, 6) is 1.75. The lowest BCUT2D eigenvalue weighted by Gasteiger charge is -2.23. The highest BCUT2D eigenvalue weighted by Gasteiger charge is 2.15. The van der Waals surface area contributed by atoms with E-state index in [9.17, 15) is 0 Å². The molecule has 0 aliphatic rings. The molecule has 1 aromatic heterocycles. The van der Waals surface area contributed by atoms with E-state index in [1.165, 1.54) is 12.8 Å². The number of pyridine rings is 1. The first kappa shape index (κ1) is 15.8. The molecule has 1 aromatic rings. The summed E-state index contributed by atoms with van der Waals surface area (Å²) in [6, 6.07) is 4.44. The number of halogens is 1. The van der Waals surface area contributed by atoms with Crippen molar-refractivity contribution < 1.29 is 0 Å². The van der Waals surface area contributed by atoms with Crippen LogP contribution < -0.4 is 5.32 Å². The van der Waals surface area contributed by atoms with Gasteiger partial charge in [0.15, 0.2) is 0 Å². The molecule has 0 fully saturated rings. The van der Waals surface area contributed by atoms with Crippen LogP contribution >= 0.6 is 23.4 Å². The SMILES string of the molecule is CCCNC(CSc1ccc(Cl)cn1)C(C)CC. The molecule has 2 atom stereocenters. The fourth-order valence-electron chi connectivity index (χ4n) is 1.66. The maximum absolute atomic E-state index is 5.83. The van der Waals surface area contributed by atoms with Gasteiger partial charge in [-0.1, -0.05) is 38.8 Å². The minimum Gasteiger partial charge on any atom is -0.313 e. The van der Waals surface area contributed by atoms with Gasteiger partial charge in [0, 0.05) is 18.0 Å². The number of aromatic nitrogens is 1. The van der Waals surface area contributed by atoms with E-state index < -0.39 is 0 Å². The Bertz CT molecular complexity index is 329. The lowest BCUT2D eigenvalue weighted by molar-refractivity contribution is 0.397. The van der Waals surface area contributed by atoms with Crippen LogP contribution in [0.5, 0.6) is 0 Å². The Morgan fingerprint density at radius 3 is 2.72 bits per heavy atom. The van der Waals surface area contributed by atoms with E-state index in [2.05, 4.69) is 31.1 Å². The largest absolute Gasteiger partial charge is 0.313 e. The van der Waals surface area contributed by atoms with Crippen molar-refractivity contribution in [2.75, 3.05) is 12.3 Å². The van der Waals surface area contributed by atoms with Crippen LogP contribution in [-0.4, -0.2) is 23.3 Å². The summed E-state index contributed by atoms with van der Waals surface area (Å²) in [6.45, 7) is 7.85. The van der Waals surface area contributed by atoms with Crippen LogP contribution in [-0.2, 0) is 0 Å².